The van der Waals surface area contributed by atoms with Gasteiger partial charge >= 0.3 is 0 Å². The third kappa shape index (κ3) is 4.18. The van der Waals surface area contributed by atoms with Gasteiger partial charge in [-0.15, -0.1) is 0 Å². The summed E-state index contributed by atoms with van der Waals surface area (Å²) in [5.41, 5.74) is 0.451. The lowest BCUT2D eigenvalue weighted by Crippen LogP contribution is -2.34. The predicted molar refractivity (Wildman–Crippen MR) is 71.3 cm³/mol. The summed E-state index contributed by atoms with van der Waals surface area (Å²) >= 11 is 0. The van der Waals surface area contributed by atoms with Crippen LogP contribution in [0.5, 0.6) is 11.5 Å². The molecular formula is C14H18N2O3. The maximum atomic E-state index is 12.1. The van der Waals surface area contributed by atoms with E-state index in [9.17, 15) is 4.79 Å². The first kappa shape index (κ1) is 14.8. The van der Waals surface area contributed by atoms with E-state index in [1.165, 1.54) is 14.2 Å². The Balaban J connectivity index is 2.89. The quantitative estimate of drug-likeness (QED) is 0.852. The van der Waals surface area contributed by atoms with Crippen molar-refractivity contribution in [2.24, 2.45) is 0 Å². The monoisotopic (exact) mass is 262 g/mol. The molecule has 0 bridgehead atoms. The molecule has 19 heavy (non-hydrogen) atoms. The number of methoxy groups -OCH3 is 2. The zero-order valence-electron chi connectivity index (χ0n) is 11.4. The number of hydrogen-bond acceptors (Lipinski definition) is 4. The van der Waals surface area contributed by atoms with E-state index in [0.29, 0.717) is 29.9 Å². The molecule has 0 heterocycles. The highest BCUT2D eigenvalue weighted by atomic mass is 16.5. The maximum Gasteiger partial charge on any atom is 0.251 e. The summed E-state index contributed by atoms with van der Waals surface area (Å²) in [6, 6.07) is 6.88. The van der Waals surface area contributed by atoms with Crippen molar-refractivity contribution < 1.29 is 14.3 Å². The Morgan fingerprint density at radius 3 is 2.32 bits per heavy atom. The van der Waals surface area contributed by atoms with Crippen molar-refractivity contribution in [3.63, 3.8) is 0 Å². The van der Waals surface area contributed by atoms with Crippen molar-refractivity contribution in [1.82, 2.24) is 5.32 Å². The van der Waals surface area contributed by atoms with Crippen molar-refractivity contribution >= 4 is 5.91 Å². The molecule has 0 saturated heterocycles. The molecule has 0 spiro atoms. The van der Waals surface area contributed by atoms with Gasteiger partial charge in [0.1, 0.15) is 11.5 Å². The van der Waals surface area contributed by atoms with E-state index in [-0.39, 0.29) is 11.9 Å². The predicted octanol–water partition coefficient (Wildman–Crippen LogP) is 2.13. The van der Waals surface area contributed by atoms with Gasteiger partial charge in [0.2, 0.25) is 0 Å². The van der Waals surface area contributed by atoms with E-state index in [1.54, 1.807) is 18.2 Å². The lowest BCUT2D eigenvalue weighted by molar-refractivity contribution is 0.0936. The molecule has 0 aromatic heterocycles. The van der Waals surface area contributed by atoms with Crippen LogP contribution in [0.15, 0.2) is 18.2 Å². The smallest absolute Gasteiger partial charge is 0.251 e. The van der Waals surface area contributed by atoms with Gasteiger partial charge in [0.25, 0.3) is 5.91 Å². The fraction of sp³-hybridized carbons (Fsp3) is 0.429. The Morgan fingerprint density at radius 2 is 1.89 bits per heavy atom. The molecule has 1 aromatic rings. The Bertz CT molecular complexity index is 458. The molecule has 1 unspecified atom stereocenters. The van der Waals surface area contributed by atoms with Crippen molar-refractivity contribution in [2.45, 2.75) is 25.8 Å². The van der Waals surface area contributed by atoms with E-state index in [2.05, 4.69) is 11.4 Å². The largest absolute Gasteiger partial charge is 0.497 e. The number of nitrogens with one attached hydrogen (secondary N) is 1. The third-order valence-corrected chi connectivity index (χ3v) is 2.78. The van der Waals surface area contributed by atoms with Crippen molar-refractivity contribution in [3.8, 4) is 17.6 Å². The van der Waals surface area contributed by atoms with Crippen LogP contribution < -0.4 is 14.8 Å². The van der Waals surface area contributed by atoms with E-state index in [1.807, 2.05) is 6.92 Å². The molecule has 0 fully saturated rings. The van der Waals surface area contributed by atoms with Crippen LogP contribution in [0.3, 0.4) is 0 Å². The van der Waals surface area contributed by atoms with Crippen LogP contribution in [0, 0.1) is 11.3 Å². The topological polar surface area (TPSA) is 71.4 Å². The molecule has 1 amide bonds. The van der Waals surface area contributed by atoms with Gasteiger partial charge in [-0.1, -0.05) is 6.92 Å². The average Bonchev–Trinajstić information content (AvgIpc) is 2.45. The van der Waals surface area contributed by atoms with Crippen molar-refractivity contribution in [3.05, 3.63) is 23.8 Å². The molecule has 0 aliphatic heterocycles. The van der Waals surface area contributed by atoms with Crippen LogP contribution in [-0.4, -0.2) is 26.2 Å². The highest BCUT2D eigenvalue weighted by molar-refractivity contribution is 5.95. The second kappa shape index (κ2) is 7.27. The van der Waals surface area contributed by atoms with E-state index >= 15 is 0 Å². The molecule has 1 atom stereocenters. The lowest BCUT2D eigenvalue weighted by Gasteiger charge is -2.14. The molecule has 5 heteroatoms. The fourth-order valence-electron chi connectivity index (χ4n) is 1.61. The third-order valence-electron chi connectivity index (χ3n) is 2.78. The minimum absolute atomic E-state index is 0.144. The first-order valence-corrected chi connectivity index (χ1v) is 6.05. The number of ether oxygens (including phenoxy) is 2. The van der Waals surface area contributed by atoms with Gasteiger partial charge in [0, 0.05) is 17.7 Å². The Labute approximate surface area is 113 Å². The lowest BCUT2D eigenvalue weighted by atomic mass is 10.1. The van der Waals surface area contributed by atoms with Gasteiger partial charge in [-0.2, -0.15) is 5.26 Å². The van der Waals surface area contributed by atoms with Gasteiger partial charge in [-0.25, -0.2) is 0 Å². The number of hydrogen-bond donors (Lipinski definition) is 1. The molecular weight excluding hydrogens is 244 g/mol. The summed E-state index contributed by atoms with van der Waals surface area (Å²) in [7, 11) is 3.06. The van der Waals surface area contributed by atoms with Gasteiger partial charge in [0.05, 0.1) is 26.7 Å². The molecule has 1 aromatic carbocycles. The first-order chi connectivity index (χ1) is 9.14. The van der Waals surface area contributed by atoms with E-state index in [4.69, 9.17) is 14.7 Å². The summed E-state index contributed by atoms with van der Waals surface area (Å²) in [5, 5.41) is 11.5. The van der Waals surface area contributed by atoms with E-state index in [0.717, 1.165) is 0 Å². The standard InChI is InChI=1S/C14H18N2O3/c1-4-11(5-6-15)16-14(17)10-7-12(18-2)9-13(8-10)19-3/h7-9,11H,4-5H2,1-3H3,(H,16,17). The van der Waals surface area contributed by atoms with Crippen LogP contribution >= 0.6 is 0 Å². The number of rotatable bonds is 6. The number of benzene rings is 1. The second-order valence-electron chi connectivity index (χ2n) is 4.04. The second-order valence-corrected chi connectivity index (χ2v) is 4.04. The zero-order valence-corrected chi connectivity index (χ0v) is 11.4. The number of nitrogens with zero attached hydrogens (tertiary/aromatic N) is 1. The molecule has 1 rings (SSSR count). The molecule has 1 N–H and O–H groups in total. The normalized spacial score (nSPS) is 11.3. The van der Waals surface area contributed by atoms with Crippen LogP contribution in [-0.2, 0) is 0 Å². The SMILES string of the molecule is CCC(CC#N)NC(=O)c1cc(OC)cc(OC)c1. The Morgan fingerprint density at radius 1 is 1.32 bits per heavy atom. The zero-order chi connectivity index (χ0) is 14.3. The first-order valence-electron chi connectivity index (χ1n) is 6.05. The van der Waals surface area contributed by atoms with Gasteiger partial charge < -0.3 is 14.8 Å². The number of nitriles is 1. The van der Waals surface area contributed by atoms with Gasteiger partial charge in [0.15, 0.2) is 0 Å². The molecule has 5 nitrogen and oxygen atoms in total. The molecule has 102 valence electrons. The molecule has 0 aliphatic rings. The number of carbonyl (C=O) groups excluding carboxylic acids is 1. The molecule has 0 radical (unpaired) electrons. The highest BCUT2D eigenvalue weighted by Gasteiger charge is 2.14. The summed E-state index contributed by atoms with van der Waals surface area (Å²) in [4.78, 5) is 12.1. The summed E-state index contributed by atoms with van der Waals surface area (Å²) in [5.74, 6) is 0.870. The van der Waals surface area contributed by atoms with Crippen molar-refractivity contribution in [1.29, 1.82) is 5.26 Å². The van der Waals surface area contributed by atoms with Crippen LogP contribution in [0.4, 0.5) is 0 Å². The summed E-state index contributed by atoms with van der Waals surface area (Å²) < 4.78 is 10.2. The fourth-order valence-corrected chi connectivity index (χ4v) is 1.61. The maximum absolute atomic E-state index is 12.1. The Kier molecular flexibility index (Phi) is 5.68. The number of carbonyl (C=O) groups is 1. The minimum atomic E-state index is -0.237. The van der Waals surface area contributed by atoms with Gasteiger partial charge in [-0.3, -0.25) is 4.79 Å². The number of amides is 1. The van der Waals surface area contributed by atoms with Crippen LogP contribution in [0.2, 0.25) is 0 Å². The Hall–Kier alpha value is -2.22. The highest BCUT2D eigenvalue weighted by Crippen LogP contribution is 2.22. The summed E-state index contributed by atoms with van der Waals surface area (Å²) in [6.07, 6.45) is 1.00. The van der Waals surface area contributed by atoms with Gasteiger partial charge in [-0.05, 0) is 18.6 Å². The van der Waals surface area contributed by atoms with Crippen LogP contribution in [0.25, 0.3) is 0 Å². The van der Waals surface area contributed by atoms with Crippen molar-refractivity contribution in [2.75, 3.05) is 14.2 Å². The van der Waals surface area contributed by atoms with Crippen LogP contribution in [0.1, 0.15) is 30.1 Å². The average molecular weight is 262 g/mol. The molecule has 0 saturated carbocycles. The molecule has 0 aliphatic carbocycles. The summed E-state index contributed by atoms with van der Waals surface area (Å²) in [6.45, 7) is 1.93. The minimum Gasteiger partial charge on any atom is -0.497 e. The van der Waals surface area contributed by atoms with E-state index < -0.39 is 0 Å².